The van der Waals surface area contributed by atoms with Crippen LogP contribution in [-0.4, -0.2) is 48.6 Å². The summed E-state index contributed by atoms with van der Waals surface area (Å²) in [6.07, 6.45) is 1.24. The van der Waals surface area contributed by atoms with Crippen molar-refractivity contribution in [1.82, 2.24) is 15.2 Å². The van der Waals surface area contributed by atoms with E-state index in [1.165, 1.54) is 22.1 Å². The summed E-state index contributed by atoms with van der Waals surface area (Å²) in [6, 6.07) is 0.662. The van der Waals surface area contributed by atoms with Gasteiger partial charge in [0.15, 0.2) is 5.13 Å². The summed E-state index contributed by atoms with van der Waals surface area (Å²) in [5, 5.41) is 4.75. The molecule has 114 valence electrons. The lowest BCUT2D eigenvalue weighted by Crippen LogP contribution is -2.34. The molecule has 1 fully saturated rings. The van der Waals surface area contributed by atoms with Crippen LogP contribution in [0.5, 0.6) is 0 Å². The molecule has 1 N–H and O–H groups in total. The van der Waals surface area contributed by atoms with Crippen LogP contribution in [0.25, 0.3) is 0 Å². The van der Waals surface area contributed by atoms with Crippen molar-refractivity contribution in [3.63, 3.8) is 0 Å². The lowest BCUT2D eigenvalue weighted by Gasteiger charge is -2.20. The van der Waals surface area contributed by atoms with Gasteiger partial charge < -0.3 is 15.1 Å². The van der Waals surface area contributed by atoms with Gasteiger partial charge in [0.05, 0.1) is 5.69 Å². The zero-order valence-corrected chi connectivity index (χ0v) is 14.5. The molecule has 5 heteroatoms. The molecule has 20 heavy (non-hydrogen) atoms. The standard InChI is InChI=1S/C15H28N4S/c1-11-13(9-16-15(2,3)4)20-14(17-11)19-8-7-12(10-19)18(5)6/h12,16H,7-10H2,1-6H3. The Bertz CT molecular complexity index is 447. The molecule has 2 heterocycles. The molecule has 1 aliphatic heterocycles. The van der Waals surface area contributed by atoms with Crippen LogP contribution in [0.2, 0.25) is 0 Å². The fraction of sp³-hybridized carbons (Fsp3) is 0.800. The van der Waals surface area contributed by atoms with E-state index in [1.54, 1.807) is 0 Å². The van der Waals surface area contributed by atoms with Gasteiger partial charge in [0.1, 0.15) is 0 Å². The normalized spacial score (nSPS) is 20.1. The minimum atomic E-state index is 0.153. The first-order chi connectivity index (χ1) is 9.26. The van der Waals surface area contributed by atoms with Gasteiger partial charge in [-0.05, 0) is 48.2 Å². The van der Waals surface area contributed by atoms with E-state index in [1.807, 2.05) is 11.3 Å². The molecule has 0 aromatic carbocycles. The van der Waals surface area contributed by atoms with Crippen molar-refractivity contribution >= 4 is 16.5 Å². The third-order valence-electron chi connectivity index (χ3n) is 3.82. The largest absolute Gasteiger partial charge is 0.346 e. The first-order valence-electron chi connectivity index (χ1n) is 7.39. The average Bonchev–Trinajstić information content (AvgIpc) is 2.91. The van der Waals surface area contributed by atoms with Crippen molar-refractivity contribution in [2.45, 2.75) is 52.2 Å². The SMILES string of the molecule is Cc1nc(N2CCC(N(C)C)C2)sc1CNC(C)(C)C. The van der Waals surface area contributed by atoms with Gasteiger partial charge in [-0.15, -0.1) is 11.3 Å². The van der Waals surface area contributed by atoms with Gasteiger partial charge in [-0.25, -0.2) is 4.98 Å². The maximum atomic E-state index is 4.77. The third-order valence-corrected chi connectivity index (χ3v) is 5.04. The lowest BCUT2D eigenvalue weighted by molar-refractivity contribution is 0.315. The highest BCUT2D eigenvalue weighted by atomic mass is 32.1. The highest BCUT2D eigenvalue weighted by molar-refractivity contribution is 7.15. The first-order valence-corrected chi connectivity index (χ1v) is 8.20. The van der Waals surface area contributed by atoms with E-state index in [4.69, 9.17) is 4.98 Å². The van der Waals surface area contributed by atoms with Gasteiger partial charge in [0.25, 0.3) is 0 Å². The Labute approximate surface area is 127 Å². The van der Waals surface area contributed by atoms with Crippen molar-refractivity contribution in [3.05, 3.63) is 10.6 Å². The number of nitrogens with zero attached hydrogens (tertiary/aromatic N) is 3. The number of aryl methyl sites for hydroxylation is 1. The maximum absolute atomic E-state index is 4.77. The quantitative estimate of drug-likeness (QED) is 0.925. The molecule has 0 radical (unpaired) electrons. The summed E-state index contributed by atoms with van der Waals surface area (Å²) < 4.78 is 0. The van der Waals surface area contributed by atoms with Crippen LogP contribution in [0.1, 0.15) is 37.8 Å². The molecule has 1 aromatic rings. The molecule has 1 aromatic heterocycles. The van der Waals surface area contributed by atoms with Crippen molar-refractivity contribution in [3.8, 4) is 0 Å². The molecule has 0 amide bonds. The van der Waals surface area contributed by atoms with E-state index in [2.05, 4.69) is 56.9 Å². The van der Waals surface area contributed by atoms with E-state index in [0.29, 0.717) is 6.04 Å². The topological polar surface area (TPSA) is 31.4 Å². The molecule has 4 nitrogen and oxygen atoms in total. The third kappa shape index (κ3) is 3.93. The number of rotatable bonds is 4. The van der Waals surface area contributed by atoms with Crippen LogP contribution in [0.4, 0.5) is 5.13 Å². The predicted octanol–water partition coefficient (Wildman–Crippen LogP) is 2.48. The van der Waals surface area contributed by atoms with Crippen LogP contribution in [0.3, 0.4) is 0 Å². The van der Waals surface area contributed by atoms with Crippen LogP contribution in [0.15, 0.2) is 0 Å². The summed E-state index contributed by atoms with van der Waals surface area (Å²) in [5.41, 5.74) is 1.33. The maximum Gasteiger partial charge on any atom is 0.185 e. The Morgan fingerprint density at radius 1 is 1.40 bits per heavy atom. The summed E-state index contributed by atoms with van der Waals surface area (Å²) in [5.74, 6) is 0. The summed E-state index contributed by atoms with van der Waals surface area (Å²) in [7, 11) is 4.33. The molecule has 0 spiro atoms. The molecular weight excluding hydrogens is 268 g/mol. The van der Waals surface area contributed by atoms with E-state index < -0.39 is 0 Å². The summed E-state index contributed by atoms with van der Waals surface area (Å²) >= 11 is 1.85. The zero-order valence-electron chi connectivity index (χ0n) is 13.7. The van der Waals surface area contributed by atoms with Crippen molar-refractivity contribution < 1.29 is 0 Å². The van der Waals surface area contributed by atoms with Crippen LogP contribution < -0.4 is 10.2 Å². The smallest absolute Gasteiger partial charge is 0.185 e. The fourth-order valence-electron chi connectivity index (χ4n) is 2.39. The van der Waals surface area contributed by atoms with E-state index in [-0.39, 0.29) is 5.54 Å². The molecule has 1 saturated heterocycles. The minimum absolute atomic E-state index is 0.153. The first kappa shape index (κ1) is 15.7. The minimum Gasteiger partial charge on any atom is -0.346 e. The van der Waals surface area contributed by atoms with Gasteiger partial charge in [-0.1, -0.05) is 0 Å². The number of thiazole rings is 1. The Balaban J connectivity index is 2.01. The highest BCUT2D eigenvalue weighted by Crippen LogP contribution is 2.29. The number of anilines is 1. The molecule has 0 saturated carbocycles. The summed E-state index contributed by atoms with van der Waals surface area (Å²) in [6.45, 7) is 11.9. The van der Waals surface area contributed by atoms with Gasteiger partial charge in [-0.2, -0.15) is 0 Å². The number of hydrogen-bond donors (Lipinski definition) is 1. The molecule has 0 aliphatic carbocycles. The Morgan fingerprint density at radius 2 is 2.10 bits per heavy atom. The van der Waals surface area contributed by atoms with Gasteiger partial charge in [-0.3, -0.25) is 0 Å². The number of aromatic nitrogens is 1. The number of hydrogen-bond acceptors (Lipinski definition) is 5. The molecular formula is C15H28N4S. The second-order valence-corrected chi connectivity index (χ2v) is 8.02. The Morgan fingerprint density at radius 3 is 2.65 bits per heavy atom. The second kappa shape index (κ2) is 6.00. The van der Waals surface area contributed by atoms with Gasteiger partial charge in [0, 0.05) is 36.1 Å². The summed E-state index contributed by atoms with van der Waals surface area (Å²) in [4.78, 5) is 10.9. The van der Waals surface area contributed by atoms with Crippen molar-refractivity contribution in [2.75, 3.05) is 32.1 Å². The molecule has 2 rings (SSSR count). The molecule has 1 unspecified atom stereocenters. The van der Waals surface area contributed by atoms with Crippen LogP contribution in [-0.2, 0) is 6.54 Å². The Hall–Kier alpha value is -0.650. The van der Waals surface area contributed by atoms with E-state index >= 15 is 0 Å². The number of likely N-dealkylation sites (N-methyl/N-ethyl adjacent to an activating group) is 1. The second-order valence-electron chi connectivity index (χ2n) is 6.96. The van der Waals surface area contributed by atoms with Crippen LogP contribution >= 0.6 is 11.3 Å². The van der Waals surface area contributed by atoms with Crippen LogP contribution in [0, 0.1) is 6.92 Å². The molecule has 0 bridgehead atoms. The van der Waals surface area contributed by atoms with E-state index in [0.717, 1.165) is 19.6 Å². The average molecular weight is 296 g/mol. The Kier molecular flexibility index (Phi) is 4.72. The zero-order chi connectivity index (χ0) is 14.9. The van der Waals surface area contributed by atoms with E-state index in [9.17, 15) is 0 Å². The predicted molar refractivity (Wildman–Crippen MR) is 87.7 cm³/mol. The number of nitrogens with one attached hydrogen (secondary N) is 1. The monoisotopic (exact) mass is 296 g/mol. The van der Waals surface area contributed by atoms with Crippen molar-refractivity contribution in [2.24, 2.45) is 0 Å². The van der Waals surface area contributed by atoms with Gasteiger partial charge >= 0.3 is 0 Å². The lowest BCUT2D eigenvalue weighted by atomic mass is 10.1. The van der Waals surface area contributed by atoms with Crippen molar-refractivity contribution in [1.29, 1.82) is 0 Å². The highest BCUT2D eigenvalue weighted by Gasteiger charge is 2.26. The fourth-order valence-corrected chi connectivity index (χ4v) is 3.43. The molecule has 1 aliphatic rings. The molecule has 1 atom stereocenters. The van der Waals surface area contributed by atoms with Gasteiger partial charge in [0.2, 0.25) is 0 Å².